The van der Waals surface area contributed by atoms with Crippen LogP contribution in [-0.2, 0) is 16.1 Å². The molecule has 0 aromatic carbocycles. The number of rotatable bonds is 6. The van der Waals surface area contributed by atoms with Gasteiger partial charge in [0.05, 0.1) is 6.61 Å². The first-order valence-corrected chi connectivity index (χ1v) is 8.38. The summed E-state index contributed by atoms with van der Waals surface area (Å²) < 4.78 is 10.4. The normalized spacial score (nSPS) is 10.2. The van der Waals surface area contributed by atoms with Gasteiger partial charge in [0.15, 0.2) is 6.20 Å². The van der Waals surface area contributed by atoms with Gasteiger partial charge >= 0.3 is 17.6 Å². The molecule has 2 heterocycles. The molecule has 0 aliphatic heterocycles. The second-order valence-corrected chi connectivity index (χ2v) is 5.99. The number of ether oxygens (including phenoxy) is 2. The monoisotopic (exact) mass is 379 g/mol. The third-order valence-electron chi connectivity index (χ3n) is 3.33. The van der Waals surface area contributed by atoms with E-state index in [0.29, 0.717) is 4.73 Å². The minimum Gasteiger partial charge on any atom is -0.618 e. The summed E-state index contributed by atoms with van der Waals surface area (Å²) in [6.45, 7) is 1.32. The van der Waals surface area contributed by atoms with Crippen molar-refractivity contribution in [1.29, 1.82) is 0 Å². The van der Waals surface area contributed by atoms with Gasteiger partial charge in [-0.3, -0.25) is 4.79 Å². The van der Waals surface area contributed by atoms with Crippen molar-refractivity contribution in [2.45, 2.75) is 13.5 Å². The summed E-state index contributed by atoms with van der Waals surface area (Å²) in [6.07, 6.45) is 1.15. The number of nitrogens with zero attached hydrogens (tertiary/aromatic N) is 1. The molecule has 1 amide bonds. The molecule has 2 aromatic rings. The summed E-state index contributed by atoms with van der Waals surface area (Å²) in [5, 5.41) is 14.1. The summed E-state index contributed by atoms with van der Waals surface area (Å²) in [4.78, 5) is 36.4. The molecule has 0 saturated carbocycles. The number of nitrogens with two attached hydrogens (primary N) is 1. The van der Waals surface area contributed by atoms with Crippen LogP contribution < -0.4 is 15.8 Å². The zero-order valence-electron chi connectivity index (χ0n) is 14.1. The molecule has 0 aliphatic carbocycles. The molecule has 0 spiro atoms. The average Bonchev–Trinajstić information content (AvgIpc) is 2.96. The van der Waals surface area contributed by atoms with Crippen molar-refractivity contribution in [3.05, 3.63) is 51.3 Å². The second kappa shape index (κ2) is 8.30. The molecule has 2 aromatic heterocycles. The van der Waals surface area contributed by atoms with Gasteiger partial charge in [0.2, 0.25) is 0 Å². The summed E-state index contributed by atoms with van der Waals surface area (Å²) >= 11 is 0.885. The minimum absolute atomic E-state index is 0.0219. The van der Waals surface area contributed by atoms with Gasteiger partial charge in [-0.15, -0.1) is 11.3 Å². The minimum atomic E-state index is -0.900. The van der Waals surface area contributed by atoms with Crippen molar-refractivity contribution in [3.8, 4) is 0 Å². The number of nitrogens with one attached hydrogen (secondary N) is 1. The molecule has 0 unspecified atom stereocenters. The number of pyridine rings is 1. The highest BCUT2D eigenvalue weighted by molar-refractivity contribution is 7.18. The zero-order chi connectivity index (χ0) is 19.3. The fourth-order valence-electron chi connectivity index (χ4n) is 2.14. The standard InChI is InChI=1S/C16H17N3O6S/c1-3-24-16(22)11-9(12(14(20)18-2)26-13(11)17)8-25-15(21)10-6-4-5-7-19(10)23/h4-7H,3,8,17H2,1-2H3,(H,18,20). The van der Waals surface area contributed by atoms with Crippen LogP contribution in [0.5, 0.6) is 0 Å². The fraction of sp³-hybridized carbons (Fsp3) is 0.250. The van der Waals surface area contributed by atoms with Gasteiger partial charge in [0, 0.05) is 24.7 Å². The van der Waals surface area contributed by atoms with E-state index in [1.807, 2.05) is 0 Å². The van der Waals surface area contributed by atoms with E-state index in [2.05, 4.69) is 5.32 Å². The van der Waals surface area contributed by atoms with Crippen LogP contribution in [0.4, 0.5) is 5.00 Å². The van der Waals surface area contributed by atoms with Crippen LogP contribution in [0.3, 0.4) is 0 Å². The Kier molecular flexibility index (Phi) is 6.12. The number of hydrogen-bond donors (Lipinski definition) is 2. The zero-order valence-corrected chi connectivity index (χ0v) is 14.9. The number of amides is 1. The van der Waals surface area contributed by atoms with E-state index in [0.717, 1.165) is 17.5 Å². The largest absolute Gasteiger partial charge is 0.618 e. The Morgan fingerprint density at radius 3 is 2.62 bits per heavy atom. The number of esters is 2. The molecule has 138 valence electrons. The number of aromatic nitrogens is 1. The highest BCUT2D eigenvalue weighted by atomic mass is 32.1. The third-order valence-corrected chi connectivity index (χ3v) is 4.39. The van der Waals surface area contributed by atoms with Crippen LogP contribution in [0.1, 0.15) is 43.0 Å². The van der Waals surface area contributed by atoms with Gasteiger partial charge in [-0.1, -0.05) is 0 Å². The number of anilines is 1. The van der Waals surface area contributed by atoms with Crippen molar-refractivity contribution in [1.82, 2.24) is 5.32 Å². The average molecular weight is 379 g/mol. The van der Waals surface area contributed by atoms with Gasteiger partial charge in [0.25, 0.3) is 5.91 Å². The van der Waals surface area contributed by atoms with E-state index in [9.17, 15) is 19.6 Å². The Hall–Kier alpha value is -3.14. The van der Waals surface area contributed by atoms with Gasteiger partial charge < -0.3 is 25.7 Å². The van der Waals surface area contributed by atoms with Crippen LogP contribution in [0.15, 0.2) is 24.4 Å². The molecular weight excluding hydrogens is 362 g/mol. The molecule has 0 atom stereocenters. The predicted molar refractivity (Wildman–Crippen MR) is 92.6 cm³/mol. The molecule has 26 heavy (non-hydrogen) atoms. The Bertz CT molecular complexity index is 849. The van der Waals surface area contributed by atoms with Crippen molar-refractivity contribution >= 4 is 34.2 Å². The van der Waals surface area contributed by atoms with E-state index in [4.69, 9.17) is 15.2 Å². The maximum atomic E-state index is 12.2. The van der Waals surface area contributed by atoms with Crippen LogP contribution in [0.25, 0.3) is 0 Å². The maximum Gasteiger partial charge on any atom is 0.405 e. The number of hydrogen-bond acceptors (Lipinski definition) is 8. The lowest BCUT2D eigenvalue weighted by molar-refractivity contribution is -0.608. The molecule has 0 aliphatic rings. The molecule has 0 saturated heterocycles. The number of carbonyl (C=O) groups is 3. The summed E-state index contributed by atoms with van der Waals surface area (Å²) in [6, 6.07) is 4.27. The highest BCUT2D eigenvalue weighted by Gasteiger charge is 2.28. The van der Waals surface area contributed by atoms with Crippen molar-refractivity contribution in [3.63, 3.8) is 0 Å². The lowest BCUT2D eigenvalue weighted by Gasteiger charge is -2.08. The highest BCUT2D eigenvalue weighted by Crippen LogP contribution is 2.32. The number of carbonyl (C=O) groups excluding carboxylic acids is 3. The number of thiophene rings is 1. The van der Waals surface area contributed by atoms with Crippen LogP contribution in [-0.4, -0.2) is 31.5 Å². The first-order valence-electron chi connectivity index (χ1n) is 7.56. The first-order chi connectivity index (χ1) is 12.4. The van der Waals surface area contributed by atoms with Crippen LogP contribution in [0.2, 0.25) is 0 Å². The number of nitrogen functional groups attached to an aromatic ring is 1. The molecule has 0 bridgehead atoms. The van der Waals surface area contributed by atoms with Crippen molar-refractivity contribution < 1.29 is 28.6 Å². The van der Waals surface area contributed by atoms with Gasteiger partial charge in [-0.25, -0.2) is 9.59 Å². The molecule has 9 nitrogen and oxygen atoms in total. The lowest BCUT2D eigenvalue weighted by Crippen LogP contribution is -2.34. The molecule has 3 N–H and O–H groups in total. The molecule has 0 fully saturated rings. The topological polar surface area (TPSA) is 135 Å². The Morgan fingerprint density at radius 2 is 2.00 bits per heavy atom. The van der Waals surface area contributed by atoms with Crippen LogP contribution >= 0.6 is 11.3 Å². The molecule has 2 rings (SSSR count). The SMILES string of the molecule is CCOC(=O)c1c(N)sc(C(=O)NC)c1COC(=O)c1cccc[n+]1[O-]. The summed E-state index contributed by atoms with van der Waals surface area (Å²) in [7, 11) is 1.42. The lowest BCUT2D eigenvalue weighted by atomic mass is 10.1. The smallest absolute Gasteiger partial charge is 0.405 e. The Morgan fingerprint density at radius 1 is 1.27 bits per heavy atom. The maximum absolute atomic E-state index is 12.2. The van der Waals surface area contributed by atoms with Gasteiger partial charge in [0.1, 0.15) is 22.0 Å². The van der Waals surface area contributed by atoms with E-state index in [-0.39, 0.29) is 33.3 Å². The molecule has 10 heteroatoms. The first kappa shape index (κ1) is 19.2. The van der Waals surface area contributed by atoms with E-state index in [1.165, 1.54) is 25.2 Å². The van der Waals surface area contributed by atoms with Gasteiger partial charge in [-0.05, 0) is 13.0 Å². The van der Waals surface area contributed by atoms with E-state index >= 15 is 0 Å². The van der Waals surface area contributed by atoms with E-state index in [1.54, 1.807) is 6.92 Å². The van der Waals surface area contributed by atoms with Gasteiger partial charge in [-0.2, -0.15) is 4.73 Å². The Labute approximate surface area is 152 Å². The van der Waals surface area contributed by atoms with Crippen molar-refractivity contribution in [2.24, 2.45) is 0 Å². The molecular formula is C16H17N3O6S. The third kappa shape index (κ3) is 3.91. The van der Waals surface area contributed by atoms with Crippen LogP contribution in [0, 0.1) is 5.21 Å². The summed E-state index contributed by atoms with van der Waals surface area (Å²) in [5.41, 5.74) is 5.73. The predicted octanol–water partition coefficient (Wildman–Crippen LogP) is 0.857. The summed E-state index contributed by atoms with van der Waals surface area (Å²) in [5.74, 6) is -2.11. The second-order valence-electron chi connectivity index (χ2n) is 4.94. The van der Waals surface area contributed by atoms with Crippen molar-refractivity contribution in [2.75, 3.05) is 19.4 Å². The Balaban J connectivity index is 2.34. The quantitative estimate of drug-likeness (QED) is 0.432. The van der Waals surface area contributed by atoms with E-state index < -0.39 is 24.5 Å². The fourth-order valence-corrected chi connectivity index (χ4v) is 3.15. The molecule has 0 radical (unpaired) electrons.